The Morgan fingerprint density at radius 3 is 2.62 bits per heavy atom. The first-order valence-electron chi connectivity index (χ1n) is 8.15. The van der Waals surface area contributed by atoms with E-state index in [1.807, 2.05) is 11.3 Å². The summed E-state index contributed by atoms with van der Waals surface area (Å²) in [6, 6.07) is 2.30. The van der Waals surface area contributed by atoms with Gasteiger partial charge in [-0.15, -0.1) is 11.3 Å². The van der Waals surface area contributed by atoms with Crippen LogP contribution in [-0.2, 0) is 17.9 Å². The molecule has 4 heteroatoms. The predicted octanol–water partition coefficient (Wildman–Crippen LogP) is 3.66. The number of ether oxygens (including phenoxy) is 1. The summed E-state index contributed by atoms with van der Waals surface area (Å²) >= 11 is 1.89. The fourth-order valence-electron chi connectivity index (χ4n) is 2.22. The molecule has 0 aliphatic carbocycles. The standard InChI is InChI=1S/C17H32N2OS/c1-6-19(7-2)8-9-20-13-16-10-17(21-15(16)5)12-18-11-14(3)4/h10,14,18H,6-9,11-13H2,1-5H3. The van der Waals surface area contributed by atoms with Gasteiger partial charge >= 0.3 is 0 Å². The van der Waals surface area contributed by atoms with Crippen LogP contribution in [0.5, 0.6) is 0 Å². The lowest BCUT2D eigenvalue weighted by Gasteiger charge is -2.17. The van der Waals surface area contributed by atoms with Crippen molar-refractivity contribution in [2.45, 2.75) is 47.8 Å². The van der Waals surface area contributed by atoms with Crippen molar-refractivity contribution in [3.05, 3.63) is 21.4 Å². The number of rotatable bonds is 11. The maximum Gasteiger partial charge on any atom is 0.0728 e. The van der Waals surface area contributed by atoms with Crippen LogP contribution in [0.3, 0.4) is 0 Å². The molecule has 0 saturated carbocycles. The van der Waals surface area contributed by atoms with E-state index in [1.54, 1.807) is 0 Å². The highest BCUT2D eigenvalue weighted by atomic mass is 32.1. The Kier molecular flexibility index (Phi) is 9.16. The van der Waals surface area contributed by atoms with Crippen LogP contribution in [-0.4, -0.2) is 37.7 Å². The van der Waals surface area contributed by atoms with Gasteiger partial charge in [-0.05, 0) is 44.1 Å². The third-order valence-electron chi connectivity index (χ3n) is 3.63. The van der Waals surface area contributed by atoms with Crippen LogP contribution in [0.1, 0.15) is 43.0 Å². The van der Waals surface area contributed by atoms with Crippen molar-refractivity contribution in [2.75, 3.05) is 32.8 Å². The lowest BCUT2D eigenvalue weighted by molar-refractivity contribution is 0.0955. The average Bonchev–Trinajstić information content (AvgIpc) is 2.79. The second-order valence-electron chi connectivity index (χ2n) is 5.90. The molecule has 0 bridgehead atoms. The first-order chi connectivity index (χ1) is 10.1. The van der Waals surface area contributed by atoms with E-state index in [0.29, 0.717) is 5.92 Å². The maximum atomic E-state index is 5.84. The van der Waals surface area contributed by atoms with E-state index in [-0.39, 0.29) is 0 Å². The van der Waals surface area contributed by atoms with E-state index in [1.165, 1.54) is 15.3 Å². The normalized spacial score (nSPS) is 11.8. The molecule has 1 aromatic rings. The van der Waals surface area contributed by atoms with Gasteiger partial charge < -0.3 is 15.0 Å². The molecule has 0 radical (unpaired) electrons. The highest BCUT2D eigenvalue weighted by molar-refractivity contribution is 7.12. The van der Waals surface area contributed by atoms with Crippen LogP contribution in [0, 0.1) is 12.8 Å². The van der Waals surface area contributed by atoms with Gasteiger partial charge in [-0.2, -0.15) is 0 Å². The topological polar surface area (TPSA) is 24.5 Å². The summed E-state index contributed by atoms with van der Waals surface area (Å²) in [4.78, 5) is 5.19. The minimum atomic E-state index is 0.703. The molecule has 0 aliphatic heterocycles. The highest BCUT2D eigenvalue weighted by Gasteiger charge is 2.06. The zero-order valence-electron chi connectivity index (χ0n) is 14.4. The summed E-state index contributed by atoms with van der Waals surface area (Å²) in [5.41, 5.74) is 1.35. The number of hydrogen-bond acceptors (Lipinski definition) is 4. The maximum absolute atomic E-state index is 5.84. The van der Waals surface area contributed by atoms with E-state index in [9.17, 15) is 0 Å². The highest BCUT2D eigenvalue weighted by Crippen LogP contribution is 2.22. The van der Waals surface area contributed by atoms with E-state index in [0.717, 1.165) is 45.9 Å². The minimum Gasteiger partial charge on any atom is -0.375 e. The van der Waals surface area contributed by atoms with E-state index in [4.69, 9.17) is 4.74 Å². The fraction of sp³-hybridized carbons (Fsp3) is 0.765. The molecule has 1 rings (SSSR count). The summed E-state index contributed by atoms with van der Waals surface area (Å²) in [6.07, 6.45) is 0. The van der Waals surface area contributed by atoms with Crippen LogP contribution in [0.15, 0.2) is 6.07 Å². The molecule has 0 aromatic carbocycles. The van der Waals surface area contributed by atoms with Crippen molar-refractivity contribution in [1.29, 1.82) is 0 Å². The molecule has 0 spiro atoms. The monoisotopic (exact) mass is 312 g/mol. The van der Waals surface area contributed by atoms with Gasteiger partial charge in [-0.25, -0.2) is 0 Å². The lowest BCUT2D eigenvalue weighted by Crippen LogP contribution is -2.26. The number of hydrogen-bond donors (Lipinski definition) is 1. The molecule has 0 amide bonds. The quantitative estimate of drug-likeness (QED) is 0.631. The van der Waals surface area contributed by atoms with Crippen molar-refractivity contribution in [2.24, 2.45) is 5.92 Å². The first kappa shape index (κ1) is 18.6. The van der Waals surface area contributed by atoms with E-state index >= 15 is 0 Å². The third kappa shape index (κ3) is 7.41. The van der Waals surface area contributed by atoms with Gasteiger partial charge in [0.25, 0.3) is 0 Å². The molecule has 0 atom stereocenters. The van der Waals surface area contributed by atoms with Crippen molar-refractivity contribution in [3.63, 3.8) is 0 Å². The Labute approximate surface area is 134 Å². The molecular formula is C17H32N2OS. The largest absolute Gasteiger partial charge is 0.375 e. The van der Waals surface area contributed by atoms with Gasteiger partial charge in [0.05, 0.1) is 13.2 Å². The third-order valence-corrected chi connectivity index (χ3v) is 4.72. The second-order valence-corrected chi connectivity index (χ2v) is 7.24. The van der Waals surface area contributed by atoms with Crippen molar-refractivity contribution < 1.29 is 4.74 Å². The molecule has 21 heavy (non-hydrogen) atoms. The molecule has 0 aliphatic rings. The van der Waals surface area contributed by atoms with Gasteiger partial charge in [0.15, 0.2) is 0 Å². The molecular weight excluding hydrogens is 280 g/mol. The van der Waals surface area contributed by atoms with Crippen LogP contribution in [0.2, 0.25) is 0 Å². The molecule has 3 nitrogen and oxygen atoms in total. The Bertz CT molecular complexity index is 386. The summed E-state index contributed by atoms with van der Waals surface area (Å²) < 4.78 is 5.84. The number of thiophene rings is 1. The van der Waals surface area contributed by atoms with Crippen LogP contribution < -0.4 is 5.32 Å². The minimum absolute atomic E-state index is 0.703. The van der Waals surface area contributed by atoms with E-state index in [2.05, 4.69) is 50.9 Å². The number of likely N-dealkylation sites (N-methyl/N-ethyl adjacent to an activating group) is 1. The van der Waals surface area contributed by atoms with Crippen molar-refractivity contribution in [3.8, 4) is 0 Å². The molecule has 0 unspecified atom stereocenters. The summed E-state index contributed by atoms with van der Waals surface area (Å²) in [5, 5.41) is 3.50. The Balaban J connectivity index is 2.30. The fourth-order valence-corrected chi connectivity index (χ4v) is 3.24. The zero-order valence-corrected chi connectivity index (χ0v) is 15.2. The molecule has 1 N–H and O–H groups in total. The van der Waals surface area contributed by atoms with Gasteiger partial charge in [0.2, 0.25) is 0 Å². The summed E-state index contributed by atoms with van der Waals surface area (Å²) in [6.45, 7) is 17.9. The van der Waals surface area contributed by atoms with E-state index < -0.39 is 0 Å². The van der Waals surface area contributed by atoms with Gasteiger partial charge in [0.1, 0.15) is 0 Å². The number of nitrogens with one attached hydrogen (secondary N) is 1. The molecule has 0 fully saturated rings. The predicted molar refractivity (Wildman–Crippen MR) is 93.0 cm³/mol. The smallest absolute Gasteiger partial charge is 0.0728 e. The average molecular weight is 313 g/mol. The molecule has 1 aromatic heterocycles. The van der Waals surface area contributed by atoms with Gasteiger partial charge in [0, 0.05) is 22.8 Å². The molecule has 0 saturated heterocycles. The van der Waals surface area contributed by atoms with Gasteiger partial charge in [-0.3, -0.25) is 0 Å². The van der Waals surface area contributed by atoms with Gasteiger partial charge in [-0.1, -0.05) is 27.7 Å². The second kappa shape index (κ2) is 10.3. The lowest BCUT2D eigenvalue weighted by atomic mass is 10.2. The van der Waals surface area contributed by atoms with Crippen LogP contribution >= 0.6 is 11.3 Å². The zero-order chi connectivity index (χ0) is 15.7. The van der Waals surface area contributed by atoms with Crippen molar-refractivity contribution >= 4 is 11.3 Å². The summed E-state index contributed by atoms with van der Waals surface area (Å²) in [7, 11) is 0. The summed E-state index contributed by atoms with van der Waals surface area (Å²) in [5.74, 6) is 0.703. The van der Waals surface area contributed by atoms with Crippen molar-refractivity contribution in [1.82, 2.24) is 10.2 Å². The number of nitrogens with zero attached hydrogens (tertiary/aromatic N) is 1. The number of aryl methyl sites for hydroxylation is 1. The van der Waals surface area contributed by atoms with Crippen LogP contribution in [0.25, 0.3) is 0 Å². The Hall–Kier alpha value is -0.420. The Morgan fingerprint density at radius 2 is 2.00 bits per heavy atom. The SMILES string of the molecule is CCN(CC)CCOCc1cc(CNCC(C)C)sc1C. The molecule has 1 heterocycles. The molecule has 122 valence electrons. The first-order valence-corrected chi connectivity index (χ1v) is 8.97. The Morgan fingerprint density at radius 1 is 1.29 bits per heavy atom. The van der Waals surface area contributed by atoms with Crippen LogP contribution in [0.4, 0.5) is 0 Å².